The van der Waals surface area contributed by atoms with Crippen LogP contribution in [-0.2, 0) is 53.7 Å². The van der Waals surface area contributed by atoms with Gasteiger partial charge < -0.3 is 14.2 Å². The second-order valence-electron chi connectivity index (χ2n) is 15.5. The summed E-state index contributed by atoms with van der Waals surface area (Å²) in [4.78, 5) is 62.8. The molecule has 17 heteroatoms. The van der Waals surface area contributed by atoms with E-state index in [4.69, 9.17) is 20.6 Å². The van der Waals surface area contributed by atoms with Crippen LogP contribution >= 0.6 is 28.3 Å². The third-order valence-electron chi connectivity index (χ3n) is 10.9. The highest BCUT2D eigenvalue weighted by atomic mass is 79.9. The smallest absolute Gasteiger partial charge is 0.261 e. The van der Waals surface area contributed by atoms with Crippen molar-refractivity contribution in [3.05, 3.63) is 209 Å². The highest BCUT2D eigenvalue weighted by Gasteiger charge is 2.17. The molecule has 12 rings (SSSR count). The zero-order valence-electron chi connectivity index (χ0n) is 37.8. The molecule has 0 aliphatic carbocycles. The van der Waals surface area contributed by atoms with Crippen LogP contribution in [-0.4, -0.2) is 63.4 Å². The fourth-order valence-corrected chi connectivity index (χ4v) is 7.85. The summed E-state index contributed by atoms with van der Waals surface area (Å²) >= 11 is 3.37. The van der Waals surface area contributed by atoms with Gasteiger partial charge in [-0.1, -0.05) is 51.9 Å². The Morgan fingerprint density at radius 3 is 1.23 bits per heavy atom. The number of benzene rings is 3. The van der Waals surface area contributed by atoms with Crippen LogP contribution in [0.3, 0.4) is 0 Å². The minimum atomic E-state index is -0.0162. The van der Waals surface area contributed by atoms with E-state index in [9.17, 15) is 14.4 Å². The Kier molecular flexibility index (Phi) is 16.3. The summed E-state index contributed by atoms with van der Waals surface area (Å²) in [5.74, 6) is 16.6. The Morgan fingerprint density at radius 1 is 0.479 bits per heavy atom. The number of fused-ring (bicyclic) bond motifs is 6. The standard InChI is InChI=1S/2C18H13N3O2.C11H9BrN2O2.C7H5N.ClH/c2*22-18-15-7-5-13(4-6-14-3-1-2-8-19-14)11-16(15)20-17-12-23-10-9-21(17)18;12-7-1-2-8-9(5-7)13-10-6-16-4-3-14(10)11(8)15;1-2-7-5-3-4-6-8-7;/h2*1-3,5,7-8,11H,9-10,12H2;1-2,5H,3-4,6H2;1,3-6H;1H. The fourth-order valence-electron chi connectivity index (χ4n) is 7.50. The van der Waals surface area contributed by atoms with Gasteiger partial charge in [0, 0.05) is 34.2 Å². The number of ether oxygens (including phenoxy) is 3. The first-order valence-electron chi connectivity index (χ1n) is 22.0. The summed E-state index contributed by atoms with van der Waals surface area (Å²) in [6.45, 7) is 4.53. The maximum absolute atomic E-state index is 12.5. The normalized spacial score (nSPS) is 12.8. The summed E-state index contributed by atoms with van der Waals surface area (Å²) < 4.78 is 22.0. The molecule has 15 nitrogen and oxygen atoms in total. The van der Waals surface area contributed by atoms with E-state index >= 15 is 0 Å². The number of pyridine rings is 3. The second-order valence-corrected chi connectivity index (χ2v) is 16.4. The largest absolute Gasteiger partial charge is 0.372 e. The lowest BCUT2D eigenvalue weighted by atomic mass is 10.1. The molecule has 9 aromatic rings. The molecule has 0 N–H and O–H groups in total. The van der Waals surface area contributed by atoms with Crippen LogP contribution in [0.2, 0.25) is 0 Å². The van der Waals surface area contributed by atoms with Crippen LogP contribution in [0.25, 0.3) is 32.7 Å². The van der Waals surface area contributed by atoms with E-state index in [1.54, 1.807) is 56.6 Å². The molecular formula is C54H41BrClN9O6. The number of aromatic nitrogens is 9. The Bertz CT molecular complexity index is 3580. The third-order valence-corrected chi connectivity index (χ3v) is 11.4. The zero-order valence-corrected chi connectivity index (χ0v) is 40.2. The van der Waals surface area contributed by atoms with Crippen molar-refractivity contribution in [1.82, 2.24) is 43.6 Å². The number of nitrogens with zero attached hydrogens (tertiary/aromatic N) is 9. The first kappa shape index (κ1) is 49.3. The van der Waals surface area contributed by atoms with Crippen LogP contribution in [0.5, 0.6) is 0 Å². The molecule has 0 bridgehead atoms. The SMILES string of the molecule is C#Cc1ccccn1.Cl.O=c1c2ccc(Br)cc2nc2n1CCOC2.O=c1c2ccc(C#Cc3ccccn3)cc2nc2n1CCOC2.O=c1c2ccc(C#Cc3ccccn3)cc2nc2n1CCOC2. The van der Waals surface area contributed by atoms with Gasteiger partial charge in [0.25, 0.3) is 16.7 Å². The van der Waals surface area contributed by atoms with E-state index in [-0.39, 0.29) is 29.1 Å². The molecule has 3 aliphatic rings. The van der Waals surface area contributed by atoms with Crippen LogP contribution < -0.4 is 16.7 Å². The summed E-state index contributed by atoms with van der Waals surface area (Å²) in [7, 11) is 0. The lowest BCUT2D eigenvalue weighted by Gasteiger charge is -2.18. The topological polar surface area (TPSA) is 171 Å². The van der Waals surface area contributed by atoms with Gasteiger partial charge >= 0.3 is 0 Å². The molecule has 71 heavy (non-hydrogen) atoms. The second kappa shape index (κ2) is 23.4. The first-order chi connectivity index (χ1) is 34.3. The molecule has 0 radical (unpaired) electrons. The number of terminal acetylenes is 1. The quantitative estimate of drug-likeness (QED) is 0.149. The number of rotatable bonds is 0. The minimum Gasteiger partial charge on any atom is -0.372 e. The summed E-state index contributed by atoms with van der Waals surface area (Å²) in [6, 6.07) is 33.1. The van der Waals surface area contributed by atoms with E-state index in [0.717, 1.165) is 21.1 Å². The number of hydrogen-bond donors (Lipinski definition) is 0. The molecule has 0 spiro atoms. The summed E-state index contributed by atoms with van der Waals surface area (Å²) in [5.41, 5.74) is 5.72. The van der Waals surface area contributed by atoms with Crippen molar-refractivity contribution >= 4 is 61.0 Å². The molecule has 0 atom stereocenters. The monoisotopic (exact) mass is 1030 g/mol. The lowest BCUT2D eigenvalue weighted by molar-refractivity contribution is 0.0788. The molecule has 0 unspecified atom stereocenters. The van der Waals surface area contributed by atoms with Crippen LogP contribution in [0.4, 0.5) is 0 Å². The highest BCUT2D eigenvalue weighted by Crippen LogP contribution is 2.18. The molecule has 0 saturated heterocycles. The maximum atomic E-state index is 12.5. The summed E-state index contributed by atoms with van der Waals surface area (Å²) in [6.07, 6.45) is 10.1. The molecule has 352 valence electrons. The van der Waals surface area contributed by atoms with Crippen molar-refractivity contribution in [2.75, 3.05) is 19.8 Å². The van der Waals surface area contributed by atoms with Gasteiger partial charge in [-0.25, -0.2) is 29.9 Å². The van der Waals surface area contributed by atoms with Crippen molar-refractivity contribution in [3.63, 3.8) is 0 Å². The zero-order chi connectivity index (χ0) is 48.2. The molecule has 9 heterocycles. The van der Waals surface area contributed by atoms with Crippen LogP contribution in [0, 0.1) is 36.0 Å². The lowest BCUT2D eigenvalue weighted by Crippen LogP contribution is -2.31. The molecule has 3 aromatic carbocycles. The number of halogens is 2. The molecular weight excluding hydrogens is 986 g/mol. The Labute approximate surface area is 421 Å². The minimum absolute atomic E-state index is 0. The summed E-state index contributed by atoms with van der Waals surface area (Å²) in [5, 5.41) is 1.88. The predicted octanol–water partition coefficient (Wildman–Crippen LogP) is 6.62. The van der Waals surface area contributed by atoms with Crippen molar-refractivity contribution in [2.24, 2.45) is 0 Å². The molecule has 0 amide bonds. The van der Waals surface area contributed by atoms with E-state index in [0.29, 0.717) is 121 Å². The van der Waals surface area contributed by atoms with Gasteiger partial charge in [0.2, 0.25) is 0 Å². The maximum Gasteiger partial charge on any atom is 0.261 e. The molecule has 3 aliphatic heterocycles. The van der Waals surface area contributed by atoms with Gasteiger partial charge in [0.05, 0.1) is 72.2 Å². The molecule has 6 aromatic heterocycles. The van der Waals surface area contributed by atoms with Crippen molar-refractivity contribution in [3.8, 4) is 36.0 Å². The highest BCUT2D eigenvalue weighted by molar-refractivity contribution is 9.10. The van der Waals surface area contributed by atoms with E-state index < -0.39 is 0 Å². The van der Waals surface area contributed by atoms with E-state index in [1.807, 2.05) is 84.9 Å². The van der Waals surface area contributed by atoms with Gasteiger partial charge in [-0.15, -0.1) is 18.8 Å². The third kappa shape index (κ3) is 12.0. The van der Waals surface area contributed by atoms with Gasteiger partial charge in [0.15, 0.2) is 0 Å². The predicted molar refractivity (Wildman–Crippen MR) is 275 cm³/mol. The van der Waals surface area contributed by atoms with Crippen molar-refractivity contribution in [2.45, 2.75) is 39.5 Å². The molecule has 0 fully saturated rings. The van der Waals surface area contributed by atoms with Crippen LogP contribution in [0.15, 0.2) is 147 Å². The Morgan fingerprint density at radius 2 is 0.859 bits per heavy atom. The Balaban J connectivity index is 0.000000133. The Hall–Kier alpha value is -8.14. The van der Waals surface area contributed by atoms with Gasteiger partial charge in [-0.3, -0.25) is 28.1 Å². The number of hydrogen-bond acceptors (Lipinski definition) is 12. The molecule has 0 saturated carbocycles. The average molecular weight is 1030 g/mol. The van der Waals surface area contributed by atoms with Gasteiger partial charge in [0.1, 0.15) is 54.4 Å². The van der Waals surface area contributed by atoms with Gasteiger partial charge in [-0.2, -0.15) is 0 Å². The van der Waals surface area contributed by atoms with Crippen molar-refractivity contribution in [1.29, 1.82) is 0 Å². The first-order valence-corrected chi connectivity index (χ1v) is 22.8. The van der Waals surface area contributed by atoms with E-state index in [2.05, 4.69) is 75.4 Å². The van der Waals surface area contributed by atoms with Crippen LogP contribution in [0.1, 0.15) is 45.7 Å². The van der Waals surface area contributed by atoms with Gasteiger partial charge in [-0.05, 0) is 103 Å². The van der Waals surface area contributed by atoms with E-state index in [1.165, 1.54) is 0 Å². The van der Waals surface area contributed by atoms with Crippen molar-refractivity contribution < 1.29 is 14.2 Å². The fraction of sp³-hybridized carbons (Fsp3) is 0.167. The average Bonchev–Trinajstić information content (AvgIpc) is 3.41.